The second kappa shape index (κ2) is 12.6. The van der Waals surface area contributed by atoms with E-state index in [9.17, 15) is 0 Å². The van der Waals surface area contributed by atoms with Crippen molar-refractivity contribution in [1.29, 1.82) is 0 Å². The molecule has 0 aromatic heterocycles. The lowest BCUT2D eigenvalue weighted by Gasteiger charge is -1.95. The minimum atomic E-state index is 0.796. The van der Waals surface area contributed by atoms with E-state index in [0.717, 1.165) is 6.04 Å². The van der Waals surface area contributed by atoms with Crippen molar-refractivity contribution < 1.29 is 0 Å². The molecule has 1 aliphatic rings. The highest BCUT2D eigenvalue weighted by Gasteiger charge is 2.05. The van der Waals surface area contributed by atoms with Crippen LogP contribution in [-0.4, -0.2) is 26.7 Å². The molecule has 0 unspecified atom stereocenters. The summed E-state index contributed by atoms with van der Waals surface area (Å²) in [5, 5.41) is 6.07. The van der Waals surface area contributed by atoms with Gasteiger partial charge in [-0.25, -0.2) is 0 Å². The molecule has 70 valence electrons. The Bertz CT molecular complexity index is 49.5. The van der Waals surface area contributed by atoms with Crippen molar-refractivity contribution in [2.24, 2.45) is 0 Å². The van der Waals surface area contributed by atoms with Gasteiger partial charge in [0.25, 0.3) is 0 Å². The quantitative estimate of drug-likeness (QED) is 0.563. The summed E-state index contributed by atoms with van der Waals surface area (Å²) in [5.74, 6) is 0. The lowest BCUT2D eigenvalue weighted by molar-refractivity contribution is 0.664. The van der Waals surface area contributed by atoms with Crippen molar-refractivity contribution in [3.8, 4) is 0 Å². The van der Waals surface area contributed by atoms with Crippen LogP contribution in [0.2, 0.25) is 0 Å². The Labute approximate surface area is 71.8 Å². The molecule has 0 amide bonds. The monoisotopic (exact) mass is 160 g/mol. The van der Waals surface area contributed by atoms with E-state index in [1.165, 1.54) is 19.4 Å². The molecule has 0 bridgehead atoms. The minimum Gasteiger partial charge on any atom is -0.323 e. The predicted molar refractivity (Wildman–Crippen MR) is 53.0 cm³/mol. The average Bonchev–Trinajstić information content (AvgIpc) is 2.46. The fourth-order valence-electron chi connectivity index (χ4n) is 0.859. The first-order valence-electron chi connectivity index (χ1n) is 4.63. The molecule has 1 rings (SSSR count). The Balaban J connectivity index is 0. The molecule has 1 aliphatic heterocycles. The minimum absolute atomic E-state index is 0.796. The first-order chi connectivity index (χ1) is 5.31. The molecule has 11 heavy (non-hydrogen) atoms. The molecule has 0 aromatic carbocycles. The van der Waals surface area contributed by atoms with Crippen LogP contribution in [0.1, 0.15) is 33.6 Å². The summed E-state index contributed by atoms with van der Waals surface area (Å²) in [6.45, 7) is 7.47. The molecule has 0 saturated carbocycles. The topological polar surface area (TPSA) is 24.1 Å². The largest absolute Gasteiger partial charge is 0.323 e. The van der Waals surface area contributed by atoms with Crippen LogP contribution < -0.4 is 10.6 Å². The van der Waals surface area contributed by atoms with Crippen LogP contribution >= 0.6 is 0 Å². The number of rotatable bonds is 0. The number of nitrogens with one attached hydrogen (secondary N) is 2. The van der Waals surface area contributed by atoms with Gasteiger partial charge in [0.2, 0.25) is 0 Å². The van der Waals surface area contributed by atoms with Gasteiger partial charge in [-0.05, 0) is 40.4 Å². The molecule has 0 aromatic rings. The van der Waals surface area contributed by atoms with Crippen molar-refractivity contribution in [1.82, 2.24) is 10.6 Å². The first kappa shape index (κ1) is 13.5. The Kier molecular flexibility index (Phi) is 15.4. The van der Waals surface area contributed by atoms with Gasteiger partial charge in [-0.3, -0.25) is 0 Å². The van der Waals surface area contributed by atoms with Crippen LogP contribution in [0.3, 0.4) is 0 Å². The number of hydrogen-bond acceptors (Lipinski definition) is 2. The third kappa shape index (κ3) is 13.0. The van der Waals surface area contributed by atoms with Crippen LogP contribution in [-0.2, 0) is 0 Å². The summed E-state index contributed by atoms with van der Waals surface area (Å²) >= 11 is 0. The molecule has 1 heterocycles. The Hall–Kier alpha value is -0.0800. The highest BCUT2D eigenvalue weighted by molar-refractivity contribution is 4.67. The van der Waals surface area contributed by atoms with E-state index in [-0.39, 0.29) is 0 Å². The fraction of sp³-hybridized carbons (Fsp3) is 1.00. The normalized spacial score (nSPS) is 21.0. The summed E-state index contributed by atoms with van der Waals surface area (Å²) in [5.41, 5.74) is 0. The maximum atomic E-state index is 3.32. The third-order valence-electron chi connectivity index (χ3n) is 1.31. The first-order valence-corrected chi connectivity index (χ1v) is 4.63. The van der Waals surface area contributed by atoms with E-state index in [0.29, 0.717) is 0 Å². The molecule has 0 spiro atoms. The molecule has 1 saturated heterocycles. The molecule has 2 nitrogen and oxygen atoms in total. The standard InChI is InChI=1S/C5H11N.C2H7N.C2H6/c1-5-3-2-4-6-5;1-3-2;1-2/h5-6H,2-4H2,1H3;3H,1-2H3;1-2H3/t5-;;/m1../s1. The second-order valence-corrected chi connectivity index (χ2v) is 2.50. The van der Waals surface area contributed by atoms with Crippen molar-refractivity contribution in [2.75, 3.05) is 20.6 Å². The molecule has 0 radical (unpaired) electrons. The van der Waals surface area contributed by atoms with Gasteiger partial charge < -0.3 is 10.6 Å². The Morgan fingerprint density at radius 3 is 1.82 bits per heavy atom. The Morgan fingerprint density at radius 1 is 1.27 bits per heavy atom. The molecular weight excluding hydrogens is 136 g/mol. The van der Waals surface area contributed by atoms with Crippen LogP contribution in [0.5, 0.6) is 0 Å². The van der Waals surface area contributed by atoms with E-state index in [1.54, 1.807) is 0 Å². The lowest BCUT2D eigenvalue weighted by Crippen LogP contribution is -2.16. The van der Waals surface area contributed by atoms with Gasteiger partial charge in [0.05, 0.1) is 0 Å². The van der Waals surface area contributed by atoms with E-state index in [4.69, 9.17) is 0 Å². The van der Waals surface area contributed by atoms with Gasteiger partial charge in [0, 0.05) is 6.04 Å². The summed E-state index contributed by atoms with van der Waals surface area (Å²) in [6.07, 6.45) is 2.75. The van der Waals surface area contributed by atoms with Gasteiger partial charge in [-0.2, -0.15) is 0 Å². The molecule has 2 N–H and O–H groups in total. The van der Waals surface area contributed by atoms with Crippen molar-refractivity contribution in [3.63, 3.8) is 0 Å². The maximum Gasteiger partial charge on any atom is 0.00391 e. The zero-order chi connectivity index (χ0) is 9.11. The second-order valence-electron chi connectivity index (χ2n) is 2.50. The van der Waals surface area contributed by atoms with Crippen LogP contribution in [0.15, 0.2) is 0 Å². The van der Waals surface area contributed by atoms with E-state index < -0.39 is 0 Å². The highest BCUT2D eigenvalue weighted by atomic mass is 14.9. The maximum absolute atomic E-state index is 3.32. The fourth-order valence-corrected chi connectivity index (χ4v) is 0.859. The average molecular weight is 160 g/mol. The molecular formula is C9H24N2. The zero-order valence-electron chi connectivity index (χ0n) is 8.70. The van der Waals surface area contributed by atoms with Gasteiger partial charge in [-0.1, -0.05) is 13.8 Å². The van der Waals surface area contributed by atoms with Crippen LogP contribution in [0.25, 0.3) is 0 Å². The van der Waals surface area contributed by atoms with Crippen LogP contribution in [0, 0.1) is 0 Å². The molecule has 2 heteroatoms. The summed E-state index contributed by atoms with van der Waals surface area (Å²) < 4.78 is 0. The Morgan fingerprint density at radius 2 is 1.73 bits per heavy atom. The third-order valence-corrected chi connectivity index (χ3v) is 1.31. The summed E-state index contributed by atoms with van der Waals surface area (Å²) in [4.78, 5) is 0. The highest BCUT2D eigenvalue weighted by Crippen LogP contribution is 2.01. The smallest absolute Gasteiger partial charge is 0.00391 e. The van der Waals surface area contributed by atoms with E-state index in [1.807, 2.05) is 27.9 Å². The van der Waals surface area contributed by atoms with Crippen molar-refractivity contribution >= 4 is 0 Å². The SMILES string of the molecule is CC.CNC.C[C@@H]1CCCN1. The summed E-state index contributed by atoms with van der Waals surface area (Å²) in [7, 11) is 3.75. The van der Waals surface area contributed by atoms with Crippen molar-refractivity contribution in [2.45, 2.75) is 39.7 Å². The van der Waals surface area contributed by atoms with Gasteiger partial charge in [-0.15, -0.1) is 0 Å². The van der Waals surface area contributed by atoms with Gasteiger partial charge in [0.1, 0.15) is 0 Å². The molecule has 1 atom stereocenters. The predicted octanol–water partition coefficient (Wildman–Crippen LogP) is 1.62. The van der Waals surface area contributed by atoms with Crippen molar-refractivity contribution in [3.05, 3.63) is 0 Å². The summed E-state index contributed by atoms with van der Waals surface area (Å²) in [6, 6.07) is 0.796. The van der Waals surface area contributed by atoms with E-state index in [2.05, 4.69) is 17.6 Å². The van der Waals surface area contributed by atoms with E-state index >= 15 is 0 Å². The van der Waals surface area contributed by atoms with Crippen LogP contribution in [0.4, 0.5) is 0 Å². The number of hydrogen-bond donors (Lipinski definition) is 2. The molecule has 0 aliphatic carbocycles. The van der Waals surface area contributed by atoms with Gasteiger partial charge in [0.15, 0.2) is 0 Å². The zero-order valence-corrected chi connectivity index (χ0v) is 8.70. The molecule has 1 fully saturated rings. The lowest BCUT2D eigenvalue weighted by atomic mass is 10.3. The van der Waals surface area contributed by atoms with Gasteiger partial charge >= 0.3 is 0 Å².